The molecule has 1 aromatic heterocycles. The maximum absolute atomic E-state index is 5.36. The number of rotatable bonds is 3. The second-order valence-electron chi connectivity index (χ2n) is 5.25. The molecule has 0 unspecified atom stereocenters. The van der Waals surface area contributed by atoms with E-state index in [4.69, 9.17) is 4.52 Å². The zero-order valence-electron chi connectivity index (χ0n) is 10.6. The van der Waals surface area contributed by atoms with Gasteiger partial charge in [0, 0.05) is 25.1 Å². The van der Waals surface area contributed by atoms with Crippen LogP contribution in [0.3, 0.4) is 0 Å². The van der Waals surface area contributed by atoms with Crippen molar-refractivity contribution in [3.8, 4) is 11.5 Å². The van der Waals surface area contributed by atoms with Crippen LogP contribution < -0.4 is 5.32 Å². The lowest BCUT2D eigenvalue weighted by molar-refractivity contribution is 0.421. The van der Waals surface area contributed by atoms with Crippen LogP contribution in [0.4, 0.5) is 0 Å². The van der Waals surface area contributed by atoms with Crippen molar-refractivity contribution in [3.63, 3.8) is 0 Å². The molecule has 2 aliphatic rings. The molecular weight excluding hydrogens is 262 g/mol. The molecule has 1 aromatic carbocycles. The maximum Gasteiger partial charge on any atom is 0.257 e. The fraction of sp³-hybridized carbons (Fsp3) is 0.429. The van der Waals surface area contributed by atoms with Crippen LogP contribution in [-0.4, -0.2) is 10.1 Å². The molecule has 1 fully saturated rings. The van der Waals surface area contributed by atoms with Crippen molar-refractivity contribution in [1.29, 1.82) is 0 Å². The number of hydrogen-bond donors (Lipinski definition) is 1. The zero-order chi connectivity index (χ0) is 11.9. The van der Waals surface area contributed by atoms with Crippen LogP contribution in [0.15, 0.2) is 22.7 Å². The summed E-state index contributed by atoms with van der Waals surface area (Å²) in [5, 5.41) is 7.40. The topological polar surface area (TPSA) is 51.0 Å². The molecule has 4 rings (SSSR count). The molecule has 5 heteroatoms. The highest BCUT2D eigenvalue weighted by Gasteiger charge is 2.24. The predicted octanol–water partition coefficient (Wildman–Crippen LogP) is 2.71. The summed E-state index contributed by atoms with van der Waals surface area (Å²) in [6.45, 7) is 1.90. The molecule has 1 saturated carbocycles. The fourth-order valence-electron chi connectivity index (χ4n) is 2.46. The van der Waals surface area contributed by atoms with Gasteiger partial charge in [-0.1, -0.05) is 11.2 Å². The fourth-order valence-corrected chi connectivity index (χ4v) is 2.46. The number of hydrogen-bond acceptors (Lipinski definition) is 4. The van der Waals surface area contributed by atoms with Gasteiger partial charge < -0.3 is 9.84 Å². The van der Waals surface area contributed by atoms with Gasteiger partial charge in [0.05, 0.1) is 0 Å². The van der Waals surface area contributed by atoms with E-state index < -0.39 is 0 Å². The highest BCUT2D eigenvalue weighted by Crippen LogP contribution is 2.32. The molecular formula is C14H16ClN3O. The number of fused-ring (bicyclic) bond motifs is 1. The normalized spacial score (nSPS) is 17.1. The Bertz CT molecular complexity index is 592. The van der Waals surface area contributed by atoms with Crippen LogP contribution in [0.25, 0.3) is 11.5 Å². The quantitative estimate of drug-likeness (QED) is 0.937. The smallest absolute Gasteiger partial charge is 0.257 e. The third-order valence-electron chi connectivity index (χ3n) is 3.72. The molecule has 1 N–H and O–H groups in total. The van der Waals surface area contributed by atoms with Crippen LogP contribution in [-0.2, 0) is 19.5 Å². The summed E-state index contributed by atoms with van der Waals surface area (Å²) in [5.41, 5.74) is 3.75. The number of halogens is 1. The van der Waals surface area contributed by atoms with Crippen LogP contribution in [0.5, 0.6) is 0 Å². The lowest BCUT2D eigenvalue weighted by Crippen LogP contribution is -1.99. The third-order valence-corrected chi connectivity index (χ3v) is 3.72. The summed E-state index contributed by atoms with van der Waals surface area (Å²) in [4.78, 5) is 4.49. The molecule has 19 heavy (non-hydrogen) atoms. The van der Waals surface area contributed by atoms with Crippen LogP contribution >= 0.6 is 12.4 Å². The Labute approximate surface area is 118 Å². The average molecular weight is 278 g/mol. The summed E-state index contributed by atoms with van der Waals surface area (Å²) in [5.74, 6) is 2.30. The van der Waals surface area contributed by atoms with Gasteiger partial charge in [0.15, 0.2) is 5.82 Å². The molecule has 2 heterocycles. The number of benzene rings is 1. The molecule has 4 nitrogen and oxygen atoms in total. The molecule has 100 valence electrons. The lowest BCUT2D eigenvalue weighted by Gasteiger charge is -1.99. The van der Waals surface area contributed by atoms with Crippen molar-refractivity contribution < 1.29 is 4.52 Å². The molecule has 0 radical (unpaired) electrons. The number of nitrogens with zero attached hydrogens (tertiary/aromatic N) is 2. The van der Waals surface area contributed by atoms with E-state index in [0.717, 1.165) is 36.8 Å². The SMILES string of the molecule is Cl.c1cc2c(cc1-c1nc(CC3CC3)no1)CNC2. The van der Waals surface area contributed by atoms with Gasteiger partial charge in [-0.3, -0.25) is 0 Å². The van der Waals surface area contributed by atoms with Crippen molar-refractivity contribution in [2.24, 2.45) is 5.92 Å². The lowest BCUT2D eigenvalue weighted by atomic mass is 10.1. The Morgan fingerprint density at radius 1 is 1.21 bits per heavy atom. The average Bonchev–Trinajstić information content (AvgIpc) is 2.91. The monoisotopic (exact) mass is 277 g/mol. The Morgan fingerprint density at radius 3 is 2.89 bits per heavy atom. The minimum Gasteiger partial charge on any atom is -0.334 e. The summed E-state index contributed by atoms with van der Waals surface area (Å²) in [6.07, 6.45) is 3.60. The molecule has 0 atom stereocenters. The van der Waals surface area contributed by atoms with Crippen molar-refractivity contribution in [1.82, 2.24) is 15.5 Å². The first-order valence-electron chi connectivity index (χ1n) is 6.54. The van der Waals surface area contributed by atoms with Gasteiger partial charge in [-0.2, -0.15) is 4.98 Å². The van der Waals surface area contributed by atoms with Gasteiger partial charge in [0.25, 0.3) is 5.89 Å². The summed E-state index contributed by atoms with van der Waals surface area (Å²) in [7, 11) is 0. The molecule has 0 bridgehead atoms. The molecule has 2 aromatic rings. The molecule has 1 aliphatic heterocycles. The van der Waals surface area contributed by atoms with E-state index in [-0.39, 0.29) is 12.4 Å². The van der Waals surface area contributed by atoms with Crippen molar-refractivity contribution in [3.05, 3.63) is 35.2 Å². The molecule has 0 spiro atoms. The van der Waals surface area contributed by atoms with Crippen LogP contribution in [0.1, 0.15) is 29.8 Å². The molecule has 1 aliphatic carbocycles. The Kier molecular flexibility index (Phi) is 3.29. The standard InChI is InChI=1S/C14H15N3O.ClH/c1-2-9(1)5-13-16-14(18-17-13)10-3-4-11-7-15-8-12(11)6-10;/h3-4,6,9,15H,1-2,5,7-8H2;1H. The largest absolute Gasteiger partial charge is 0.334 e. The second-order valence-corrected chi connectivity index (χ2v) is 5.25. The first kappa shape index (κ1) is 12.6. The van der Waals surface area contributed by atoms with E-state index in [0.29, 0.717) is 5.89 Å². The van der Waals surface area contributed by atoms with Crippen molar-refractivity contribution in [2.75, 3.05) is 0 Å². The van der Waals surface area contributed by atoms with E-state index in [9.17, 15) is 0 Å². The van der Waals surface area contributed by atoms with Crippen LogP contribution in [0.2, 0.25) is 0 Å². The zero-order valence-corrected chi connectivity index (χ0v) is 11.4. The van der Waals surface area contributed by atoms with Gasteiger partial charge in [0.1, 0.15) is 0 Å². The Morgan fingerprint density at radius 2 is 2.05 bits per heavy atom. The van der Waals surface area contributed by atoms with Gasteiger partial charge in [-0.15, -0.1) is 12.4 Å². The first-order valence-corrected chi connectivity index (χ1v) is 6.54. The maximum atomic E-state index is 5.36. The van der Waals surface area contributed by atoms with Gasteiger partial charge in [-0.05, 0) is 42.0 Å². The summed E-state index contributed by atoms with van der Waals surface area (Å²) < 4.78 is 5.36. The van der Waals surface area contributed by atoms with Crippen molar-refractivity contribution in [2.45, 2.75) is 32.4 Å². The summed E-state index contributed by atoms with van der Waals surface area (Å²) in [6, 6.07) is 6.37. The third kappa shape index (κ3) is 2.51. The number of aromatic nitrogens is 2. The summed E-state index contributed by atoms with van der Waals surface area (Å²) >= 11 is 0. The van der Waals surface area contributed by atoms with E-state index in [1.165, 1.54) is 24.0 Å². The highest BCUT2D eigenvalue weighted by molar-refractivity contribution is 5.85. The first-order chi connectivity index (χ1) is 8.88. The molecule has 0 amide bonds. The van der Waals surface area contributed by atoms with E-state index in [2.05, 4.69) is 33.7 Å². The number of nitrogens with one attached hydrogen (secondary N) is 1. The predicted molar refractivity (Wildman–Crippen MR) is 74.0 cm³/mol. The highest BCUT2D eigenvalue weighted by atomic mass is 35.5. The van der Waals surface area contributed by atoms with E-state index in [1.54, 1.807) is 0 Å². The minimum atomic E-state index is 0. The van der Waals surface area contributed by atoms with E-state index in [1.807, 2.05) is 0 Å². The second kappa shape index (κ2) is 4.94. The molecule has 0 saturated heterocycles. The van der Waals surface area contributed by atoms with E-state index >= 15 is 0 Å². The minimum absolute atomic E-state index is 0. The Hall–Kier alpha value is -1.39. The Balaban J connectivity index is 0.00000110. The van der Waals surface area contributed by atoms with Crippen LogP contribution in [0, 0.1) is 5.92 Å². The van der Waals surface area contributed by atoms with Crippen molar-refractivity contribution >= 4 is 12.4 Å². The van der Waals surface area contributed by atoms with Gasteiger partial charge >= 0.3 is 0 Å². The van der Waals surface area contributed by atoms with Gasteiger partial charge in [0.2, 0.25) is 0 Å². The van der Waals surface area contributed by atoms with Gasteiger partial charge in [-0.25, -0.2) is 0 Å².